The number of piperidine rings is 1. The first-order valence-corrected chi connectivity index (χ1v) is 9.20. The molecular formula is C17H23NO5S. The van der Waals surface area contributed by atoms with E-state index in [-0.39, 0.29) is 4.90 Å². The van der Waals surface area contributed by atoms with Crippen LogP contribution in [0.15, 0.2) is 23.1 Å². The number of ether oxygens (including phenoxy) is 3. The Balaban J connectivity index is 2.05. The van der Waals surface area contributed by atoms with Crippen molar-refractivity contribution in [1.82, 2.24) is 4.31 Å². The smallest absolute Gasteiger partial charge is 0.243 e. The molecule has 2 rings (SSSR count). The highest BCUT2D eigenvalue weighted by Gasteiger charge is 2.30. The fourth-order valence-corrected chi connectivity index (χ4v) is 4.21. The molecule has 0 atom stereocenters. The average molecular weight is 353 g/mol. The lowest BCUT2D eigenvalue weighted by atomic mass is 9.99. The van der Waals surface area contributed by atoms with Crippen LogP contribution in [0.3, 0.4) is 0 Å². The number of terminal acetylenes is 1. The van der Waals surface area contributed by atoms with Crippen LogP contribution in [0.1, 0.15) is 12.8 Å². The van der Waals surface area contributed by atoms with Crippen LogP contribution in [0, 0.1) is 18.3 Å². The molecule has 0 spiro atoms. The molecule has 0 radical (unpaired) electrons. The predicted molar refractivity (Wildman–Crippen MR) is 90.7 cm³/mol. The van der Waals surface area contributed by atoms with Gasteiger partial charge in [-0.25, -0.2) is 8.42 Å². The van der Waals surface area contributed by atoms with Crippen molar-refractivity contribution in [3.63, 3.8) is 0 Å². The van der Waals surface area contributed by atoms with Gasteiger partial charge in [0.25, 0.3) is 0 Å². The van der Waals surface area contributed by atoms with E-state index in [4.69, 9.17) is 20.6 Å². The maximum absolute atomic E-state index is 12.8. The van der Waals surface area contributed by atoms with Crippen molar-refractivity contribution < 1.29 is 22.6 Å². The van der Waals surface area contributed by atoms with Crippen molar-refractivity contribution >= 4 is 10.0 Å². The highest BCUT2D eigenvalue weighted by Crippen LogP contribution is 2.31. The van der Waals surface area contributed by atoms with E-state index in [1.54, 1.807) is 12.1 Å². The Kier molecular flexibility index (Phi) is 6.49. The van der Waals surface area contributed by atoms with Gasteiger partial charge < -0.3 is 14.2 Å². The van der Waals surface area contributed by atoms with E-state index in [9.17, 15) is 8.42 Å². The molecule has 1 fully saturated rings. The zero-order valence-corrected chi connectivity index (χ0v) is 14.8. The second-order valence-electron chi connectivity index (χ2n) is 5.58. The molecule has 1 aliphatic heterocycles. The van der Waals surface area contributed by atoms with Crippen molar-refractivity contribution in [2.45, 2.75) is 17.7 Å². The number of hydrogen-bond acceptors (Lipinski definition) is 5. The van der Waals surface area contributed by atoms with Gasteiger partial charge in [0.2, 0.25) is 10.0 Å². The Morgan fingerprint density at radius 3 is 2.46 bits per heavy atom. The van der Waals surface area contributed by atoms with Crippen LogP contribution in [-0.4, -0.2) is 53.2 Å². The molecule has 0 N–H and O–H groups in total. The summed E-state index contributed by atoms with van der Waals surface area (Å²) >= 11 is 0. The Morgan fingerprint density at radius 2 is 1.88 bits per heavy atom. The van der Waals surface area contributed by atoms with Gasteiger partial charge in [-0.3, -0.25) is 0 Å². The topological polar surface area (TPSA) is 65.1 Å². The van der Waals surface area contributed by atoms with Crippen molar-refractivity contribution in [2.24, 2.45) is 5.92 Å². The number of hydrogen-bond donors (Lipinski definition) is 0. The Hall–Kier alpha value is -1.75. The molecular weight excluding hydrogens is 330 g/mol. The highest BCUT2D eigenvalue weighted by molar-refractivity contribution is 7.89. The van der Waals surface area contributed by atoms with Crippen LogP contribution >= 0.6 is 0 Å². The van der Waals surface area contributed by atoms with Gasteiger partial charge in [0.15, 0.2) is 11.5 Å². The maximum Gasteiger partial charge on any atom is 0.243 e. The zero-order chi connectivity index (χ0) is 17.6. The largest absolute Gasteiger partial charge is 0.493 e. The van der Waals surface area contributed by atoms with Crippen LogP contribution in [0.2, 0.25) is 0 Å². The van der Waals surface area contributed by atoms with Crippen LogP contribution in [-0.2, 0) is 14.8 Å². The van der Waals surface area contributed by atoms with Gasteiger partial charge in [-0.1, -0.05) is 5.92 Å². The summed E-state index contributed by atoms with van der Waals surface area (Å²) in [5, 5.41) is 0. The van der Waals surface area contributed by atoms with Gasteiger partial charge in [0.1, 0.15) is 6.61 Å². The van der Waals surface area contributed by atoms with E-state index in [1.165, 1.54) is 24.6 Å². The van der Waals surface area contributed by atoms with Gasteiger partial charge in [0.05, 0.1) is 25.7 Å². The van der Waals surface area contributed by atoms with E-state index in [0.717, 1.165) is 12.8 Å². The van der Waals surface area contributed by atoms with Crippen LogP contribution in [0.25, 0.3) is 0 Å². The van der Waals surface area contributed by atoms with Crippen molar-refractivity contribution in [3.05, 3.63) is 18.2 Å². The molecule has 0 unspecified atom stereocenters. The molecule has 0 bridgehead atoms. The van der Waals surface area contributed by atoms with E-state index < -0.39 is 10.0 Å². The number of methoxy groups -OCH3 is 2. The fraction of sp³-hybridized carbons (Fsp3) is 0.529. The summed E-state index contributed by atoms with van der Waals surface area (Å²) in [6.07, 6.45) is 6.67. The minimum absolute atomic E-state index is 0.210. The van der Waals surface area contributed by atoms with E-state index in [1.807, 2.05) is 0 Å². The molecule has 1 aromatic rings. The molecule has 1 saturated heterocycles. The quantitative estimate of drug-likeness (QED) is 0.552. The maximum atomic E-state index is 12.8. The second kappa shape index (κ2) is 8.38. The summed E-state index contributed by atoms with van der Waals surface area (Å²) in [6, 6.07) is 4.64. The molecule has 0 aromatic heterocycles. The minimum Gasteiger partial charge on any atom is -0.493 e. The zero-order valence-electron chi connectivity index (χ0n) is 14.0. The van der Waals surface area contributed by atoms with E-state index >= 15 is 0 Å². The third-order valence-electron chi connectivity index (χ3n) is 4.11. The van der Waals surface area contributed by atoms with Gasteiger partial charge >= 0.3 is 0 Å². The van der Waals surface area contributed by atoms with Crippen LogP contribution in [0.5, 0.6) is 11.5 Å². The molecule has 1 heterocycles. The number of rotatable bonds is 7. The minimum atomic E-state index is -3.54. The highest BCUT2D eigenvalue weighted by atomic mass is 32.2. The fourth-order valence-electron chi connectivity index (χ4n) is 2.73. The molecule has 1 aliphatic rings. The first-order chi connectivity index (χ1) is 11.5. The first kappa shape index (κ1) is 18.6. The van der Waals surface area contributed by atoms with Gasteiger partial charge in [-0.15, -0.1) is 6.42 Å². The van der Waals surface area contributed by atoms with E-state index in [0.29, 0.717) is 43.7 Å². The summed E-state index contributed by atoms with van der Waals surface area (Å²) in [7, 11) is -0.549. The summed E-state index contributed by atoms with van der Waals surface area (Å²) in [5.74, 6) is 3.67. The third kappa shape index (κ3) is 4.20. The Morgan fingerprint density at radius 1 is 1.21 bits per heavy atom. The van der Waals surface area contributed by atoms with Crippen LogP contribution < -0.4 is 9.47 Å². The van der Waals surface area contributed by atoms with Gasteiger partial charge in [-0.2, -0.15) is 4.31 Å². The lowest BCUT2D eigenvalue weighted by molar-refractivity contribution is 0.101. The van der Waals surface area contributed by atoms with Gasteiger partial charge in [0, 0.05) is 19.2 Å². The predicted octanol–water partition coefficient (Wildman–Crippen LogP) is 1.75. The second-order valence-corrected chi connectivity index (χ2v) is 7.52. The standard InChI is InChI=1S/C17H23NO5S/c1-4-11-23-13-14-7-9-18(10-8-14)24(19,20)15-5-6-16(21-2)17(12-15)22-3/h1,5-6,12,14H,7-11,13H2,2-3H3. The molecule has 24 heavy (non-hydrogen) atoms. The van der Waals surface area contributed by atoms with Gasteiger partial charge in [-0.05, 0) is 30.9 Å². The molecule has 0 aliphatic carbocycles. The lowest BCUT2D eigenvalue weighted by Crippen LogP contribution is -2.39. The summed E-state index contributed by atoms with van der Waals surface area (Å²) in [5.41, 5.74) is 0. The summed E-state index contributed by atoms with van der Waals surface area (Å²) in [6.45, 7) is 1.82. The van der Waals surface area contributed by atoms with Crippen molar-refractivity contribution in [2.75, 3.05) is 40.5 Å². The monoisotopic (exact) mass is 353 g/mol. The molecule has 6 nitrogen and oxygen atoms in total. The summed E-state index contributed by atoms with van der Waals surface area (Å²) < 4.78 is 42.8. The molecule has 1 aromatic carbocycles. The first-order valence-electron chi connectivity index (χ1n) is 7.76. The van der Waals surface area contributed by atoms with Crippen molar-refractivity contribution in [3.8, 4) is 23.8 Å². The normalized spacial score (nSPS) is 16.5. The number of nitrogens with zero attached hydrogens (tertiary/aromatic N) is 1. The van der Waals surface area contributed by atoms with Crippen molar-refractivity contribution in [1.29, 1.82) is 0 Å². The number of benzene rings is 1. The third-order valence-corrected chi connectivity index (χ3v) is 6.00. The molecule has 132 valence electrons. The van der Waals surface area contributed by atoms with Crippen LogP contribution in [0.4, 0.5) is 0 Å². The average Bonchev–Trinajstić information content (AvgIpc) is 2.61. The van der Waals surface area contributed by atoms with E-state index in [2.05, 4.69) is 5.92 Å². The SMILES string of the molecule is C#CCOCC1CCN(S(=O)(=O)c2ccc(OC)c(OC)c2)CC1. The lowest BCUT2D eigenvalue weighted by Gasteiger charge is -2.31. The molecule has 0 saturated carbocycles. The number of sulfonamides is 1. The summed E-state index contributed by atoms with van der Waals surface area (Å²) in [4.78, 5) is 0.210. The Bertz CT molecular complexity index is 687. The molecule has 7 heteroatoms. The Labute approximate surface area is 143 Å². The molecule has 0 amide bonds.